The predicted octanol–water partition coefficient (Wildman–Crippen LogP) is 5.53. The molecule has 33 heavy (non-hydrogen) atoms. The summed E-state index contributed by atoms with van der Waals surface area (Å²) in [7, 11) is 0. The molecule has 1 heterocycles. The lowest BCUT2D eigenvalue weighted by Gasteiger charge is -2.24. The van der Waals surface area contributed by atoms with Crippen molar-refractivity contribution in [3.05, 3.63) is 63.0 Å². The highest BCUT2D eigenvalue weighted by Gasteiger charge is 2.40. The van der Waals surface area contributed by atoms with E-state index in [1.165, 1.54) is 30.3 Å². The van der Waals surface area contributed by atoms with Crippen LogP contribution < -0.4 is 10.3 Å². The Bertz CT molecular complexity index is 1190. The SMILES string of the molecule is CC(C)C[NH+](Cc1c(O)ccc2c(=O)c(-c3ccccc3Cl)c(C(F)(F)F)oc12)CC(C)C. The monoisotopic (exact) mass is 482 g/mol. The maximum atomic E-state index is 14.1. The highest BCUT2D eigenvalue weighted by Crippen LogP contribution is 2.40. The second-order valence-corrected chi connectivity index (χ2v) is 9.58. The fraction of sp³-hybridized carbons (Fsp3) is 0.400. The Labute approximate surface area is 195 Å². The van der Waals surface area contributed by atoms with Crippen molar-refractivity contribution in [1.82, 2.24) is 0 Å². The molecule has 0 bridgehead atoms. The van der Waals surface area contributed by atoms with Gasteiger partial charge in [-0.25, -0.2) is 0 Å². The molecule has 3 rings (SSSR count). The third kappa shape index (κ3) is 5.53. The lowest BCUT2D eigenvalue weighted by molar-refractivity contribution is -0.919. The molecule has 8 heteroatoms. The zero-order valence-corrected chi connectivity index (χ0v) is 19.8. The third-order valence-corrected chi connectivity index (χ3v) is 5.69. The minimum Gasteiger partial charge on any atom is -0.507 e. The molecule has 4 nitrogen and oxygen atoms in total. The first kappa shape index (κ1) is 25.1. The second-order valence-electron chi connectivity index (χ2n) is 9.18. The number of hydrogen-bond acceptors (Lipinski definition) is 3. The quantitative estimate of drug-likeness (QED) is 0.465. The van der Waals surface area contributed by atoms with Crippen molar-refractivity contribution in [1.29, 1.82) is 0 Å². The van der Waals surface area contributed by atoms with Crippen LogP contribution in [0, 0.1) is 11.8 Å². The van der Waals surface area contributed by atoms with Crippen LogP contribution in [0.15, 0.2) is 45.6 Å². The summed E-state index contributed by atoms with van der Waals surface area (Å²) in [4.78, 5) is 14.4. The lowest BCUT2D eigenvalue weighted by Crippen LogP contribution is -3.11. The van der Waals surface area contributed by atoms with E-state index in [4.69, 9.17) is 16.0 Å². The molecule has 0 saturated heterocycles. The first-order valence-electron chi connectivity index (χ1n) is 10.9. The van der Waals surface area contributed by atoms with Crippen LogP contribution in [-0.4, -0.2) is 18.2 Å². The minimum absolute atomic E-state index is 0.0122. The Morgan fingerprint density at radius 3 is 2.18 bits per heavy atom. The zero-order valence-electron chi connectivity index (χ0n) is 19.0. The van der Waals surface area contributed by atoms with Crippen LogP contribution in [0.1, 0.15) is 39.0 Å². The number of hydrogen-bond donors (Lipinski definition) is 2. The highest BCUT2D eigenvalue weighted by atomic mass is 35.5. The maximum absolute atomic E-state index is 14.1. The van der Waals surface area contributed by atoms with E-state index in [0.717, 1.165) is 18.0 Å². The fourth-order valence-corrected chi connectivity index (χ4v) is 4.45. The van der Waals surface area contributed by atoms with Crippen LogP contribution in [0.5, 0.6) is 5.75 Å². The van der Waals surface area contributed by atoms with Gasteiger partial charge in [0.1, 0.15) is 12.3 Å². The van der Waals surface area contributed by atoms with Crippen LogP contribution in [-0.2, 0) is 12.7 Å². The number of nitrogens with one attached hydrogen (secondary N) is 1. The molecule has 0 fully saturated rings. The predicted molar refractivity (Wildman–Crippen MR) is 124 cm³/mol. The lowest BCUT2D eigenvalue weighted by atomic mass is 9.99. The summed E-state index contributed by atoms with van der Waals surface area (Å²) in [6.07, 6.45) is -4.94. The number of halogens is 4. The summed E-state index contributed by atoms with van der Waals surface area (Å²) in [6.45, 7) is 9.96. The molecule has 0 radical (unpaired) electrons. The van der Waals surface area contributed by atoms with Crippen LogP contribution in [0.4, 0.5) is 13.2 Å². The Morgan fingerprint density at radius 1 is 1.03 bits per heavy atom. The summed E-state index contributed by atoms with van der Waals surface area (Å²) < 4.78 is 47.6. The largest absolute Gasteiger partial charge is 0.507 e. The molecule has 1 aromatic heterocycles. The topological polar surface area (TPSA) is 54.9 Å². The third-order valence-electron chi connectivity index (χ3n) is 5.36. The highest BCUT2D eigenvalue weighted by molar-refractivity contribution is 6.33. The molecular formula is C25H28ClF3NO3+. The smallest absolute Gasteiger partial charge is 0.450 e. The number of rotatable bonds is 7. The number of fused-ring (bicyclic) bond motifs is 1. The summed E-state index contributed by atoms with van der Waals surface area (Å²) in [6, 6.07) is 8.48. The van der Waals surface area contributed by atoms with E-state index in [9.17, 15) is 23.1 Å². The van der Waals surface area contributed by atoms with Crippen LogP contribution in [0.2, 0.25) is 5.02 Å². The van der Waals surface area contributed by atoms with Gasteiger partial charge in [0.15, 0.2) is 5.58 Å². The number of phenolic OH excluding ortho intramolecular Hbond substituents is 1. The molecule has 0 unspecified atom stereocenters. The summed E-state index contributed by atoms with van der Waals surface area (Å²) in [5.74, 6) is -0.954. The first-order chi connectivity index (χ1) is 15.4. The van der Waals surface area contributed by atoms with Crippen molar-refractivity contribution in [3.63, 3.8) is 0 Å². The number of alkyl halides is 3. The van der Waals surface area contributed by atoms with Gasteiger partial charge in [-0.3, -0.25) is 4.79 Å². The molecule has 2 N–H and O–H groups in total. The summed E-state index contributed by atoms with van der Waals surface area (Å²) in [5.41, 5.74) is -1.58. The molecule has 0 aliphatic rings. The summed E-state index contributed by atoms with van der Waals surface area (Å²) in [5, 5.41) is 10.5. The Kier molecular flexibility index (Phi) is 7.44. The van der Waals surface area contributed by atoms with E-state index in [0.29, 0.717) is 11.8 Å². The fourth-order valence-electron chi connectivity index (χ4n) is 4.22. The first-order valence-corrected chi connectivity index (χ1v) is 11.2. The van der Waals surface area contributed by atoms with Crippen LogP contribution in [0.25, 0.3) is 22.1 Å². The average molecular weight is 483 g/mol. The molecule has 3 aromatic rings. The van der Waals surface area contributed by atoms with Gasteiger partial charge < -0.3 is 14.4 Å². The Hall–Kier alpha value is -2.51. The standard InChI is InChI=1S/C25H27ClF3NO3/c1-14(2)11-30(12-15(3)4)13-18-20(31)10-9-17-22(32)21(16-7-5-6-8-19(16)26)24(25(27,28)29)33-23(17)18/h5-10,14-15,31H,11-13H2,1-4H3/p+1. The van der Waals surface area contributed by atoms with Crippen molar-refractivity contribution in [2.45, 2.75) is 40.4 Å². The second kappa shape index (κ2) is 9.77. The molecule has 178 valence electrons. The Balaban J connectivity index is 2.30. The minimum atomic E-state index is -4.94. The average Bonchev–Trinajstić information content (AvgIpc) is 2.69. The number of phenols is 1. The maximum Gasteiger partial charge on any atom is 0.450 e. The Morgan fingerprint density at radius 2 is 1.64 bits per heavy atom. The van der Waals surface area contributed by atoms with Gasteiger partial charge >= 0.3 is 6.18 Å². The van der Waals surface area contributed by atoms with Crippen molar-refractivity contribution < 1.29 is 27.6 Å². The van der Waals surface area contributed by atoms with E-state index in [-0.39, 0.29) is 39.4 Å². The van der Waals surface area contributed by atoms with Gasteiger partial charge in [-0.1, -0.05) is 57.5 Å². The molecule has 0 aliphatic heterocycles. The zero-order chi connectivity index (χ0) is 24.5. The van der Waals surface area contributed by atoms with Gasteiger partial charge in [0.25, 0.3) is 0 Å². The van der Waals surface area contributed by atoms with E-state index in [1.54, 1.807) is 6.07 Å². The van der Waals surface area contributed by atoms with Gasteiger partial charge in [-0.05, 0) is 18.2 Å². The van der Waals surface area contributed by atoms with E-state index in [2.05, 4.69) is 27.7 Å². The normalized spacial score (nSPS) is 12.5. The van der Waals surface area contributed by atoms with Crippen molar-refractivity contribution >= 4 is 22.6 Å². The van der Waals surface area contributed by atoms with E-state index >= 15 is 0 Å². The van der Waals surface area contributed by atoms with Crippen molar-refractivity contribution in [2.75, 3.05) is 13.1 Å². The van der Waals surface area contributed by atoms with Crippen molar-refractivity contribution in [2.24, 2.45) is 11.8 Å². The van der Waals surface area contributed by atoms with Gasteiger partial charge in [0, 0.05) is 22.4 Å². The van der Waals surface area contributed by atoms with Gasteiger partial charge in [-0.15, -0.1) is 0 Å². The van der Waals surface area contributed by atoms with Crippen molar-refractivity contribution in [3.8, 4) is 16.9 Å². The molecule has 0 spiro atoms. The number of benzene rings is 2. The van der Waals surface area contributed by atoms with Crippen LogP contribution >= 0.6 is 11.6 Å². The molecule has 0 amide bonds. The molecule has 0 saturated carbocycles. The van der Waals surface area contributed by atoms with Gasteiger partial charge in [0.05, 0.1) is 29.6 Å². The van der Waals surface area contributed by atoms with Gasteiger partial charge in [-0.2, -0.15) is 13.2 Å². The number of quaternary nitrogens is 1. The molecule has 2 aromatic carbocycles. The van der Waals surface area contributed by atoms with E-state index in [1.807, 2.05) is 0 Å². The molecule has 0 atom stereocenters. The van der Waals surface area contributed by atoms with Gasteiger partial charge in [0.2, 0.25) is 11.2 Å². The molecule has 0 aliphatic carbocycles. The van der Waals surface area contributed by atoms with E-state index < -0.39 is 22.9 Å². The van der Waals surface area contributed by atoms with Crippen LogP contribution in [0.3, 0.4) is 0 Å². The number of aromatic hydroxyl groups is 1. The summed E-state index contributed by atoms with van der Waals surface area (Å²) >= 11 is 6.13. The molecular weight excluding hydrogens is 455 g/mol.